The third kappa shape index (κ3) is 5.57. The van der Waals surface area contributed by atoms with Crippen LogP contribution in [0.1, 0.15) is 44.9 Å². The molecule has 1 aromatic carbocycles. The summed E-state index contributed by atoms with van der Waals surface area (Å²) in [4.78, 5) is 23.2. The highest BCUT2D eigenvalue weighted by Crippen LogP contribution is 2.39. The van der Waals surface area contributed by atoms with E-state index in [2.05, 4.69) is 37.9 Å². The zero-order valence-corrected chi connectivity index (χ0v) is 21.8. The lowest BCUT2D eigenvalue weighted by atomic mass is 10.0. The van der Waals surface area contributed by atoms with Crippen LogP contribution in [0.25, 0.3) is 5.65 Å². The summed E-state index contributed by atoms with van der Waals surface area (Å²) in [6.07, 6.45) is 4.37. The fourth-order valence-electron chi connectivity index (χ4n) is 4.72. The van der Waals surface area contributed by atoms with Crippen molar-refractivity contribution in [3.63, 3.8) is 0 Å². The lowest BCUT2D eigenvalue weighted by molar-refractivity contribution is 0.164. The van der Waals surface area contributed by atoms with Gasteiger partial charge in [-0.25, -0.2) is 14.3 Å². The Morgan fingerprint density at radius 1 is 1.24 bits per heavy atom. The maximum atomic E-state index is 11.9. The van der Waals surface area contributed by atoms with E-state index in [1.54, 1.807) is 10.7 Å². The molecule has 2 atom stereocenters. The van der Waals surface area contributed by atoms with Crippen LogP contribution < -0.4 is 32.3 Å². The lowest BCUT2D eigenvalue weighted by Crippen LogP contribution is -2.40. The summed E-state index contributed by atoms with van der Waals surface area (Å²) in [5.74, 6) is 1.27. The lowest BCUT2D eigenvalue weighted by Gasteiger charge is -2.23. The van der Waals surface area contributed by atoms with Gasteiger partial charge in [-0.05, 0) is 42.9 Å². The number of carbonyl (C=O) groups excluding carboxylic acids is 1. The second kappa shape index (κ2) is 11.6. The second-order valence-electron chi connectivity index (χ2n) is 9.51. The molecule has 1 saturated heterocycles. The SMILES string of the molecule is C.CC[C@H]1CN(c2cc(CN)cc(Nc3nc(NC4CC4)c4ncc(CN)n4n3)c2Cl)C[C@H]1NC(=O)OC. The molecule has 5 rings (SSSR count). The molecule has 0 spiro atoms. The minimum atomic E-state index is -0.436. The molecule has 1 aliphatic carbocycles. The number of benzene rings is 1. The van der Waals surface area contributed by atoms with Crippen molar-refractivity contribution in [2.45, 2.75) is 58.8 Å². The van der Waals surface area contributed by atoms with E-state index in [1.165, 1.54) is 7.11 Å². The predicted octanol–water partition coefficient (Wildman–Crippen LogP) is 3.22. The molecule has 38 heavy (non-hydrogen) atoms. The first-order chi connectivity index (χ1) is 17.9. The van der Waals surface area contributed by atoms with Gasteiger partial charge in [-0.3, -0.25) is 0 Å². The highest BCUT2D eigenvalue weighted by atomic mass is 35.5. The highest BCUT2D eigenvalue weighted by molar-refractivity contribution is 6.36. The zero-order chi connectivity index (χ0) is 26.1. The number of hydrogen-bond acceptors (Lipinski definition) is 10. The van der Waals surface area contributed by atoms with Crippen LogP contribution in [-0.2, 0) is 17.8 Å². The number of hydrogen-bond donors (Lipinski definition) is 5. The molecular weight excluding hydrogens is 508 g/mol. The van der Waals surface area contributed by atoms with Crippen molar-refractivity contribution in [1.82, 2.24) is 24.9 Å². The van der Waals surface area contributed by atoms with Gasteiger partial charge in [0.2, 0.25) is 5.95 Å². The fraction of sp³-hybridized carbons (Fsp3) is 0.520. The van der Waals surface area contributed by atoms with Gasteiger partial charge in [-0.2, -0.15) is 4.98 Å². The van der Waals surface area contributed by atoms with Crippen molar-refractivity contribution >= 4 is 46.5 Å². The minimum Gasteiger partial charge on any atom is -0.453 e. The van der Waals surface area contributed by atoms with Crippen LogP contribution in [0.5, 0.6) is 0 Å². The smallest absolute Gasteiger partial charge is 0.407 e. The molecule has 2 aliphatic rings. The van der Waals surface area contributed by atoms with Gasteiger partial charge < -0.3 is 37.1 Å². The summed E-state index contributed by atoms with van der Waals surface area (Å²) in [6, 6.07) is 4.23. The van der Waals surface area contributed by atoms with E-state index < -0.39 is 6.09 Å². The summed E-state index contributed by atoms with van der Waals surface area (Å²) in [5.41, 5.74) is 15.7. The number of amides is 1. The quantitative estimate of drug-likeness (QED) is 0.270. The molecule has 1 saturated carbocycles. The first kappa shape index (κ1) is 27.7. The molecule has 0 bridgehead atoms. The number of aromatic nitrogens is 4. The molecule has 1 amide bonds. The van der Waals surface area contributed by atoms with Crippen molar-refractivity contribution < 1.29 is 9.53 Å². The van der Waals surface area contributed by atoms with E-state index in [4.69, 9.17) is 32.8 Å². The number of nitrogens with two attached hydrogens (primary N) is 2. The molecule has 3 heterocycles. The summed E-state index contributed by atoms with van der Waals surface area (Å²) in [5, 5.41) is 14.8. The summed E-state index contributed by atoms with van der Waals surface area (Å²) >= 11 is 6.96. The minimum absolute atomic E-state index is 0. The van der Waals surface area contributed by atoms with E-state index in [9.17, 15) is 4.79 Å². The Morgan fingerprint density at radius 2 is 2.03 bits per heavy atom. The van der Waals surface area contributed by atoms with Crippen LogP contribution in [-0.4, -0.2) is 58.0 Å². The number of rotatable bonds is 9. The number of anilines is 4. The van der Waals surface area contributed by atoms with E-state index in [-0.39, 0.29) is 19.4 Å². The van der Waals surface area contributed by atoms with Gasteiger partial charge in [0.05, 0.1) is 41.4 Å². The van der Waals surface area contributed by atoms with Crippen molar-refractivity contribution in [2.75, 3.05) is 35.7 Å². The molecular formula is C25H37ClN10O2. The molecule has 0 radical (unpaired) electrons. The molecule has 206 valence electrons. The van der Waals surface area contributed by atoms with Crippen LogP contribution in [0.2, 0.25) is 5.02 Å². The number of nitrogens with one attached hydrogen (secondary N) is 3. The average molecular weight is 545 g/mol. The van der Waals surface area contributed by atoms with Gasteiger partial charge in [-0.1, -0.05) is 26.0 Å². The Balaban J connectivity index is 0.00000336. The number of fused-ring (bicyclic) bond motifs is 1. The molecule has 12 nitrogen and oxygen atoms in total. The van der Waals surface area contributed by atoms with Gasteiger partial charge in [0.1, 0.15) is 0 Å². The van der Waals surface area contributed by atoms with E-state index in [1.807, 2.05) is 12.1 Å². The van der Waals surface area contributed by atoms with Crippen LogP contribution >= 0.6 is 11.6 Å². The van der Waals surface area contributed by atoms with E-state index >= 15 is 0 Å². The average Bonchev–Trinajstić information content (AvgIpc) is 3.47. The van der Waals surface area contributed by atoms with E-state index in [0.29, 0.717) is 53.8 Å². The second-order valence-corrected chi connectivity index (χ2v) is 9.89. The third-order valence-corrected chi connectivity index (χ3v) is 7.35. The van der Waals surface area contributed by atoms with Crippen LogP contribution in [0.4, 0.5) is 27.9 Å². The molecule has 2 aromatic heterocycles. The molecule has 2 fully saturated rings. The largest absolute Gasteiger partial charge is 0.453 e. The highest BCUT2D eigenvalue weighted by Gasteiger charge is 2.34. The van der Waals surface area contributed by atoms with Crippen LogP contribution in [0.3, 0.4) is 0 Å². The standard InChI is InChI=1S/C24H33ClN10O2.CH4/c1-3-14-11-34(12-18(14)31-24(36)37-2)19-7-13(8-26)6-17(20(19)25)30-23-32-21(29-15-4-5-15)22-28-10-16(9-27)35(22)33-23;/h6-7,10,14-15,18H,3-5,8-9,11-12,26-27H2,1-2H3,(H,31,36)(H2,29,30,32,33);1H4/t14-,18+;/m0./s1. The number of nitrogens with zero attached hydrogens (tertiary/aromatic N) is 5. The van der Waals surface area contributed by atoms with Crippen molar-refractivity contribution in [2.24, 2.45) is 17.4 Å². The van der Waals surface area contributed by atoms with Crippen molar-refractivity contribution in [3.8, 4) is 0 Å². The number of alkyl carbamates (subject to hydrolysis) is 1. The monoisotopic (exact) mass is 544 g/mol. The maximum Gasteiger partial charge on any atom is 0.407 e. The number of ether oxygens (including phenoxy) is 1. The first-order valence-corrected chi connectivity index (χ1v) is 12.9. The number of methoxy groups -OCH3 is 1. The normalized spacial score (nSPS) is 18.8. The maximum absolute atomic E-state index is 11.9. The fourth-order valence-corrected chi connectivity index (χ4v) is 5.00. The van der Waals surface area contributed by atoms with Gasteiger partial charge in [-0.15, -0.1) is 5.10 Å². The topological polar surface area (TPSA) is 161 Å². The van der Waals surface area contributed by atoms with Crippen LogP contribution in [0, 0.1) is 5.92 Å². The Hall–Kier alpha value is -3.35. The Bertz CT molecular complexity index is 1290. The summed E-state index contributed by atoms with van der Waals surface area (Å²) in [6.45, 7) is 4.08. The molecule has 1 aliphatic heterocycles. The van der Waals surface area contributed by atoms with Crippen molar-refractivity contribution in [1.29, 1.82) is 0 Å². The first-order valence-electron chi connectivity index (χ1n) is 12.5. The summed E-state index contributed by atoms with van der Waals surface area (Å²) < 4.78 is 6.52. The van der Waals surface area contributed by atoms with Gasteiger partial charge in [0.25, 0.3) is 0 Å². The summed E-state index contributed by atoms with van der Waals surface area (Å²) in [7, 11) is 1.37. The van der Waals surface area contributed by atoms with Crippen molar-refractivity contribution in [3.05, 3.63) is 34.6 Å². The number of halogens is 1. The Labute approximate surface area is 227 Å². The van der Waals surface area contributed by atoms with Crippen LogP contribution in [0.15, 0.2) is 18.3 Å². The predicted molar refractivity (Wildman–Crippen MR) is 150 cm³/mol. The Kier molecular flexibility index (Phi) is 8.44. The van der Waals surface area contributed by atoms with Gasteiger partial charge in [0.15, 0.2) is 11.5 Å². The molecule has 7 N–H and O–H groups in total. The number of imidazole rings is 1. The Morgan fingerprint density at radius 3 is 2.68 bits per heavy atom. The number of carbonyl (C=O) groups is 1. The third-order valence-electron chi connectivity index (χ3n) is 6.95. The molecule has 3 aromatic rings. The van der Waals surface area contributed by atoms with E-state index in [0.717, 1.165) is 42.8 Å². The van der Waals surface area contributed by atoms with Gasteiger partial charge in [0, 0.05) is 32.2 Å². The zero-order valence-electron chi connectivity index (χ0n) is 21.0. The molecule has 0 unspecified atom stereocenters. The van der Waals surface area contributed by atoms with Gasteiger partial charge >= 0.3 is 6.09 Å². The molecule has 13 heteroatoms.